The number of hydrogen-bond acceptors (Lipinski definition) is 3. The van der Waals surface area contributed by atoms with E-state index in [2.05, 4.69) is 5.32 Å². The zero-order valence-electron chi connectivity index (χ0n) is 15.0. The zero-order chi connectivity index (χ0) is 18.1. The maximum absolute atomic E-state index is 12.2. The van der Waals surface area contributed by atoms with Crippen LogP contribution in [0.4, 0.5) is 0 Å². The number of rotatable bonds is 9. The summed E-state index contributed by atoms with van der Waals surface area (Å²) in [6, 6.07) is 7.31. The highest BCUT2D eigenvalue weighted by atomic mass is 16.5. The van der Waals surface area contributed by atoms with Crippen LogP contribution in [0.5, 0.6) is 5.75 Å². The fraction of sp³-hybridized carbons (Fsp3) is 0.600. The van der Waals surface area contributed by atoms with E-state index in [1.54, 1.807) is 12.1 Å². The summed E-state index contributed by atoms with van der Waals surface area (Å²) < 4.78 is 5.10. The third kappa shape index (κ3) is 7.16. The van der Waals surface area contributed by atoms with Crippen molar-refractivity contribution in [2.45, 2.75) is 51.9 Å². The Morgan fingerprint density at radius 2 is 1.88 bits per heavy atom. The van der Waals surface area contributed by atoms with Gasteiger partial charge in [-0.25, -0.2) is 4.79 Å². The van der Waals surface area contributed by atoms with E-state index in [-0.39, 0.29) is 18.4 Å². The van der Waals surface area contributed by atoms with Crippen molar-refractivity contribution in [2.75, 3.05) is 13.2 Å². The molecule has 2 rings (SSSR count). The van der Waals surface area contributed by atoms with Gasteiger partial charge in [0.25, 0.3) is 0 Å². The third-order valence-electron chi connectivity index (χ3n) is 4.86. The summed E-state index contributed by atoms with van der Waals surface area (Å²) in [5.74, 6) is 0.486. The molecular formula is C20H29NO4. The zero-order valence-corrected chi connectivity index (χ0v) is 15.0. The Labute approximate surface area is 149 Å². The topological polar surface area (TPSA) is 75.6 Å². The summed E-state index contributed by atoms with van der Waals surface area (Å²) in [5, 5.41) is 11.6. The Morgan fingerprint density at radius 3 is 2.52 bits per heavy atom. The van der Waals surface area contributed by atoms with E-state index in [9.17, 15) is 9.59 Å². The molecule has 1 fully saturated rings. The lowest BCUT2D eigenvalue weighted by Gasteiger charge is -2.24. The number of carboxylic acid groups (broad SMARTS) is 1. The first-order valence-corrected chi connectivity index (χ1v) is 9.26. The summed E-state index contributed by atoms with van der Waals surface area (Å²) in [6.07, 6.45) is 8.26. The van der Waals surface area contributed by atoms with Crippen LogP contribution in [-0.4, -0.2) is 30.1 Å². The molecule has 1 aromatic rings. The standard InChI is InChI=1S/C20H29NO4/c1-15(13-17-5-3-2-4-6-17)20(24)21-12-11-16-7-9-18(10-8-16)25-14-19(22)23/h7-10,15,17H,2-6,11-14H2,1H3,(H,21,24)(H,22,23). The first-order valence-electron chi connectivity index (χ1n) is 9.26. The van der Waals surface area contributed by atoms with Gasteiger partial charge in [-0.3, -0.25) is 4.79 Å². The molecule has 1 aliphatic rings. The van der Waals surface area contributed by atoms with Crippen molar-refractivity contribution < 1.29 is 19.4 Å². The lowest BCUT2D eigenvalue weighted by Crippen LogP contribution is -2.32. The number of carbonyl (C=O) groups excluding carboxylic acids is 1. The molecule has 0 heterocycles. The quantitative estimate of drug-likeness (QED) is 0.718. The molecule has 0 aliphatic heterocycles. The molecule has 5 nitrogen and oxygen atoms in total. The molecule has 25 heavy (non-hydrogen) atoms. The first kappa shape index (κ1) is 19.3. The van der Waals surface area contributed by atoms with Crippen molar-refractivity contribution in [2.24, 2.45) is 11.8 Å². The van der Waals surface area contributed by atoms with E-state index in [0.29, 0.717) is 18.2 Å². The van der Waals surface area contributed by atoms with Crippen LogP contribution in [0.15, 0.2) is 24.3 Å². The fourth-order valence-electron chi connectivity index (χ4n) is 3.43. The highest BCUT2D eigenvalue weighted by molar-refractivity contribution is 5.78. The smallest absolute Gasteiger partial charge is 0.341 e. The van der Waals surface area contributed by atoms with Gasteiger partial charge < -0.3 is 15.2 Å². The SMILES string of the molecule is CC(CC1CCCCC1)C(=O)NCCc1ccc(OCC(=O)O)cc1. The van der Waals surface area contributed by atoms with Crippen LogP contribution < -0.4 is 10.1 Å². The number of nitrogens with one attached hydrogen (secondary N) is 1. The molecule has 1 aromatic carbocycles. The van der Waals surface area contributed by atoms with Crippen LogP contribution in [0.1, 0.15) is 51.0 Å². The van der Waals surface area contributed by atoms with Gasteiger partial charge in [-0.15, -0.1) is 0 Å². The van der Waals surface area contributed by atoms with Gasteiger partial charge in [0, 0.05) is 12.5 Å². The summed E-state index contributed by atoms with van der Waals surface area (Å²) >= 11 is 0. The Bertz CT molecular complexity index is 549. The number of hydrogen-bond donors (Lipinski definition) is 2. The van der Waals surface area contributed by atoms with Gasteiger partial charge in [0.2, 0.25) is 5.91 Å². The van der Waals surface area contributed by atoms with Gasteiger partial charge in [-0.05, 0) is 36.5 Å². The summed E-state index contributed by atoms with van der Waals surface area (Å²) in [5.41, 5.74) is 1.09. The van der Waals surface area contributed by atoms with Crippen LogP contribution in [0.25, 0.3) is 0 Å². The second kappa shape index (κ2) is 10.1. The first-order chi connectivity index (χ1) is 12.0. The van der Waals surface area contributed by atoms with E-state index in [1.807, 2.05) is 19.1 Å². The Kier molecular flexibility index (Phi) is 7.76. The molecule has 0 saturated heterocycles. The normalized spacial score (nSPS) is 16.2. The van der Waals surface area contributed by atoms with E-state index < -0.39 is 5.97 Å². The van der Waals surface area contributed by atoms with Crippen molar-refractivity contribution in [1.29, 1.82) is 0 Å². The van der Waals surface area contributed by atoms with Crippen LogP contribution in [-0.2, 0) is 16.0 Å². The van der Waals surface area contributed by atoms with Crippen LogP contribution >= 0.6 is 0 Å². The summed E-state index contributed by atoms with van der Waals surface area (Å²) in [7, 11) is 0. The molecule has 0 radical (unpaired) electrons. The molecule has 0 aromatic heterocycles. The van der Waals surface area contributed by atoms with E-state index >= 15 is 0 Å². The van der Waals surface area contributed by atoms with E-state index in [0.717, 1.165) is 18.4 Å². The van der Waals surface area contributed by atoms with Crippen molar-refractivity contribution >= 4 is 11.9 Å². The van der Waals surface area contributed by atoms with Gasteiger partial charge in [0.1, 0.15) is 5.75 Å². The predicted octanol–water partition coefficient (Wildman–Crippen LogP) is 3.42. The van der Waals surface area contributed by atoms with Crippen LogP contribution in [0.3, 0.4) is 0 Å². The Morgan fingerprint density at radius 1 is 1.20 bits per heavy atom. The molecule has 1 amide bonds. The Hall–Kier alpha value is -2.04. The molecule has 1 unspecified atom stereocenters. The second-order valence-electron chi connectivity index (χ2n) is 7.01. The maximum atomic E-state index is 12.2. The summed E-state index contributed by atoms with van der Waals surface area (Å²) in [4.78, 5) is 22.7. The second-order valence-corrected chi connectivity index (χ2v) is 7.01. The minimum absolute atomic E-state index is 0.0786. The lowest BCUT2D eigenvalue weighted by atomic mass is 9.83. The molecule has 1 atom stereocenters. The Balaban J connectivity index is 1.66. The minimum atomic E-state index is -0.992. The molecule has 138 valence electrons. The van der Waals surface area contributed by atoms with Crippen molar-refractivity contribution in [3.63, 3.8) is 0 Å². The van der Waals surface area contributed by atoms with Gasteiger partial charge in [-0.2, -0.15) is 0 Å². The highest BCUT2D eigenvalue weighted by Gasteiger charge is 2.20. The molecule has 1 aliphatic carbocycles. The van der Waals surface area contributed by atoms with Crippen molar-refractivity contribution in [3.8, 4) is 5.75 Å². The molecular weight excluding hydrogens is 318 g/mol. The van der Waals surface area contributed by atoms with Crippen LogP contribution in [0, 0.1) is 11.8 Å². The van der Waals surface area contributed by atoms with Crippen LogP contribution in [0.2, 0.25) is 0 Å². The largest absolute Gasteiger partial charge is 0.482 e. The number of benzene rings is 1. The average Bonchev–Trinajstić information content (AvgIpc) is 2.61. The van der Waals surface area contributed by atoms with Gasteiger partial charge in [-0.1, -0.05) is 51.2 Å². The third-order valence-corrected chi connectivity index (χ3v) is 4.86. The highest BCUT2D eigenvalue weighted by Crippen LogP contribution is 2.29. The fourth-order valence-corrected chi connectivity index (χ4v) is 3.43. The molecule has 2 N–H and O–H groups in total. The van der Waals surface area contributed by atoms with Gasteiger partial charge in [0.05, 0.1) is 0 Å². The molecule has 1 saturated carbocycles. The molecule has 0 bridgehead atoms. The number of amides is 1. The summed E-state index contributed by atoms with van der Waals surface area (Å²) in [6.45, 7) is 2.30. The monoisotopic (exact) mass is 347 g/mol. The lowest BCUT2D eigenvalue weighted by molar-refractivity contribution is -0.139. The number of carbonyl (C=O) groups is 2. The van der Waals surface area contributed by atoms with Crippen molar-refractivity contribution in [1.82, 2.24) is 5.32 Å². The molecule has 0 spiro atoms. The average molecular weight is 347 g/mol. The number of aliphatic carboxylic acids is 1. The number of ether oxygens (including phenoxy) is 1. The van der Waals surface area contributed by atoms with Gasteiger partial charge in [0.15, 0.2) is 6.61 Å². The molecule has 5 heteroatoms. The minimum Gasteiger partial charge on any atom is -0.482 e. The van der Waals surface area contributed by atoms with E-state index in [1.165, 1.54) is 32.1 Å². The van der Waals surface area contributed by atoms with E-state index in [4.69, 9.17) is 9.84 Å². The number of carboxylic acids is 1. The van der Waals surface area contributed by atoms with Gasteiger partial charge >= 0.3 is 5.97 Å². The van der Waals surface area contributed by atoms with Crippen molar-refractivity contribution in [3.05, 3.63) is 29.8 Å². The predicted molar refractivity (Wildman–Crippen MR) is 96.6 cm³/mol. The maximum Gasteiger partial charge on any atom is 0.341 e.